The molecule has 0 bridgehead atoms. The second kappa shape index (κ2) is 6.34. The van der Waals surface area contributed by atoms with Gasteiger partial charge in [0.25, 0.3) is 5.91 Å². The molecule has 0 saturated carbocycles. The largest absolute Gasteiger partial charge is 0.468 e. The Hall–Kier alpha value is -2.14. The number of nitrogens with zero attached hydrogens (tertiary/aromatic N) is 1. The molecule has 2 rings (SSSR count). The number of benzene rings is 1. The quantitative estimate of drug-likeness (QED) is 0.764. The third-order valence-electron chi connectivity index (χ3n) is 3.19. The van der Waals surface area contributed by atoms with Crippen molar-refractivity contribution in [2.75, 3.05) is 27.4 Å². The van der Waals surface area contributed by atoms with Gasteiger partial charge in [0.2, 0.25) is 0 Å². The molecule has 5 nitrogen and oxygen atoms in total. The first-order valence-corrected chi connectivity index (χ1v) is 6.33. The summed E-state index contributed by atoms with van der Waals surface area (Å²) in [5.74, 6) is -1.05. The van der Waals surface area contributed by atoms with Crippen LogP contribution in [0.4, 0.5) is 0 Å². The van der Waals surface area contributed by atoms with Gasteiger partial charge in [0.1, 0.15) is 12.5 Å². The number of ether oxygens (including phenoxy) is 2. The molecule has 1 aliphatic heterocycles. The van der Waals surface area contributed by atoms with Crippen molar-refractivity contribution < 1.29 is 19.1 Å². The Labute approximate surface area is 117 Å². The van der Waals surface area contributed by atoms with E-state index in [1.54, 1.807) is 13.1 Å². The molecule has 106 valence electrons. The van der Waals surface area contributed by atoms with E-state index in [0.717, 1.165) is 5.56 Å². The fraction of sp³-hybridized carbons (Fsp3) is 0.333. The average Bonchev–Trinajstić information content (AvgIpc) is 2.48. The van der Waals surface area contributed by atoms with Crippen LogP contribution in [0.2, 0.25) is 0 Å². The Kier molecular flexibility index (Phi) is 4.53. The highest BCUT2D eigenvalue weighted by atomic mass is 16.5. The minimum Gasteiger partial charge on any atom is -0.468 e. The van der Waals surface area contributed by atoms with Gasteiger partial charge in [-0.1, -0.05) is 30.3 Å². The monoisotopic (exact) mass is 275 g/mol. The maximum Gasteiger partial charge on any atom is 0.314 e. The minimum absolute atomic E-state index is 0.0475. The van der Waals surface area contributed by atoms with Crippen LogP contribution in [-0.4, -0.2) is 44.1 Å². The van der Waals surface area contributed by atoms with Crippen LogP contribution >= 0.6 is 0 Å². The lowest BCUT2D eigenvalue weighted by Gasteiger charge is -2.25. The Morgan fingerprint density at radius 2 is 2.05 bits per heavy atom. The first kappa shape index (κ1) is 14.3. The highest BCUT2D eigenvalue weighted by molar-refractivity contribution is 5.89. The molecule has 5 heteroatoms. The number of amides is 1. The number of rotatable bonds is 2. The molecule has 1 aliphatic rings. The van der Waals surface area contributed by atoms with Gasteiger partial charge in [0.05, 0.1) is 13.7 Å². The standard InChI is InChI=1S/C15H17NO4/c1-16-13(11-6-4-3-5-7-11)8-12(15(18)19-2)9-20-10-14(16)17/h3-8,12H,9-10H2,1-2H3/b13-8-. The van der Waals surface area contributed by atoms with Crippen LogP contribution in [0, 0.1) is 5.92 Å². The zero-order valence-electron chi connectivity index (χ0n) is 11.5. The van der Waals surface area contributed by atoms with Crippen molar-refractivity contribution in [3.8, 4) is 0 Å². The normalized spacial score (nSPS) is 22.5. The first-order chi connectivity index (χ1) is 9.63. The average molecular weight is 275 g/mol. The summed E-state index contributed by atoms with van der Waals surface area (Å²) in [6.45, 7) is 0.0940. The molecular weight excluding hydrogens is 258 g/mol. The van der Waals surface area contributed by atoms with E-state index >= 15 is 0 Å². The molecule has 0 radical (unpaired) electrons. The zero-order chi connectivity index (χ0) is 14.5. The van der Waals surface area contributed by atoms with E-state index in [-0.39, 0.29) is 25.1 Å². The third-order valence-corrected chi connectivity index (χ3v) is 3.19. The molecule has 1 atom stereocenters. The van der Waals surface area contributed by atoms with Crippen molar-refractivity contribution in [1.29, 1.82) is 0 Å². The molecule has 1 amide bonds. The van der Waals surface area contributed by atoms with E-state index in [0.29, 0.717) is 5.70 Å². The molecule has 1 unspecified atom stereocenters. The molecule has 0 aliphatic carbocycles. The minimum atomic E-state index is -0.522. The second-order valence-electron chi connectivity index (χ2n) is 4.52. The number of hydrogen-bond donors (Lipinski definition) is 0. The summed E-state index contributed by atoms with van der Waals surface area (Å²) in [6, 6.07) is 9.46. The Morgan fingerprint density at radius 3 is 2.70 bits per heavy atom. The van der Waals surface area contributed by atoms with Gasteiger partial charge in [-0.3, -0.25) is 9.59 Å². The van der Waals surface area contributed by atoms with E-state index in [1.807, 2.05) is 30.3 Å². The molecule has 0 saturated heterocycles. The first-order valence-electron chi connectivity index (χ1n) is 6.33. The molecule has 20 heavy (non-hydrogen) atoms. The number of carbonyl (C=O) groups is 2. The fourth-order valence-corrected chi connectivity index (χ4v) is 2.04. The van der Waals surface area contributed by atoms with Crippen molar-refractivity contribution in [2.45, 2.75) is 0 Å². The molecular formula is C15H17NO4. The summed E-state index contributed by atoms with van der Waals surface area (Å²) in [7, 11) is 3.01. The molecule has 0 N–H and O–H groups in total. The van der Waals surface area contributed by atoms with Crippen LogP contribution in [0.25, 0.3) is 5.70 Å². The molecule has 0 spiro atoms. The molecule has 0 fully saturated rings. The second-order valence-corrected chi connectivity index (χ2v) is 4.52. The SMILES string of the molecule is COC(=O)C1/C=C(/c2ccccc2)N(C)C(=O)COC1. The zero-order valence-corrected chi connectivity index (χ0v) is 11.5. The van der Waals surface area contributed by atoms with Gasteiger partial charge in [-0.15, -0.1) is 0 Å². The van der Waals surface area contributed by atoms with Gasteiger partial charge in [-0.25, -0.2) is 0 Å². The van der Waals surface area contributed by atoms with Gasteiger partial charge in [-0.05, 0) is 11.6 Å². The number of likely N-dealkylation sites (N-methyl/N-ethyl adjacent to an activating group) is 1. The Balaban J connectivity index is 2.43. The van der Waals surface area contributed by atoms with E-state index in [2.05, 4.69) is 0 Å². The van der Waals surface area contributed by atoms with E-state index in [4.69, 9.17) is 9.47 Å². The number of hydrogen-bond acceptors (Lipinski definition) is 4. The van der Waals surface area contributed by atoms with Crippen LogP contribution < -0.4 is 0 Å². The van der Waals surface area contributed by atoms with Gasteiger partial charge >= 0.3 is 5.97 Å². The van der Waals surface area contributed by atoms with Crippen molar-refractivity contribution in [3.05, 3.63) is 42.0 Å². The van der Waals surface area contributed by atoms with Crippen LogP contribution in [0.15, 0.2) is 36.4 Å². The van der Waals surface area contributed by atoms with E-state index < -0.39 is 5.92 Å². The summed E-state index contributed by atoms with van der Waals surface area (Å²) in [6.07, 6.45) is 1.72. The number of carbonyl (C=O) groups excluding carboxylic acids is 2. The number of methoxy groups -OCH3 is 1. The van der Waals surface area contributed by atoms with Crippen LogP contribution in [0.5, 0.6) is 0 Å². The lowest BCUT2D eigenvalue weighted by molar-refractivity contribution is -0.147. The smallest absolute Gasteiger partial charge is 0.314 e. The summed E-state index contributed by atoms with van der Waals surface area (Å²) in [4.78, 5) is 25.2. The summed E-state index contributed by atoms with van der Waals surface area (Å²) < 4.78 is 10.0. The third kappa shape index (κ3) is 3.05. The van der Waals surface area contributed by atoms with Crippen LogP contribution in [0.1, 0.15) is 5.56 Å². The molecule has 1 heterocycles. The van der Waals surface area contributed by atoms with Gasteiger partial charge in [-0.2, -0.15) is 0 Å². The number of esters is 1. The maximum atomic E-state index is 11.9. The summed E-state index contributed by atoms with van der Waals surface area (Å²) in [5, 5.41) is 0. The maximum absolute atomic E-state index is 11.9. The van der Waals surface area contributed by atoms with Crippen molar-refractivity contribution >= 4 is 17.6 Å². The molecule has 1 aromatic rings. The highest BCUT2D eigenvalue weighted by Crippen LogP contribution is 2.22. The predicted octanol–water partition coefficient (Wildman–Crippen LogP) is 1.31. The summed E-state index contributed by atoms with van der Waals surface area (Å²) in [5.41, 5.74) is 1.56. The lowest BCUT2D eigenvalue weighted by Crippen LogP contribution is -2.34. The fourth-order valence-electron chi connectivity index (χ4n) is 2.04. The van der Waals surface area contributed by atoms with E-state index in [1.165, 1.54) is 12.0 Å². The van der Waals surface area contributed by atoms with Crippen LogP contribution in [-0.2, 0) is 19.1 Å². The van der Waals surface area contributed by atoms with Gasteiger partial charge in [0.15, 0.2) is 0 Å². The van der Waals surface area contributed by atoms with Crippen LogP contribution in [0.3, 0.4) is 0 Å². The molecule has 0 aromatic heterocycles. The summed E-state index contributed by atoms with van der Waals surface area (Å²) >= 11 is 0. The Morgan fingerprint density at radius 1 is 1.35 bits per heavy atom. The van der Waals surface area contributed by atoms with Crippen molar-refractivity contribution in [1.82, 2.24) is 4.90 Å². The topological polar surface area (TPSA) is 55.8 Å². The van der Waals surface area contributed by atoms with E-state index in [9.17, 15) is 9.59 Å². The van der Waals surface area contributed by atoms with Gasteiger partial charge < -0.3 is 14.4 Å². The van der Waals surface area contributed by atoms with Crippen molar-refractivity contribution in [2.24, 2.45) is 5.92 Å². The van der Waals surface area contributed by atoms with Crippen molar-refractivity contribution in [3.63, 3.8) is 0 Å². The highest BCUT2D eigenvalue weighted by Gasteiger charge is 2.25. The Bertz CT molecular complexity index is 524. The lowest BCUT2D eigenvalue weighted by atomic mass is 10.0. The molecule has 1 aromatic carbocycles. The van der Waals surface area contributed by atoms with Gasteiger partial charge in [0, 0.05) is 12.7 Å². The predicted molar refractivity (Wildman–Crippen MR) is 73.5 cm³/mol.